The van der Waals surface area contributed by atoms with Crippen LogP contribution in [0.15, 0.2) is 104 Å². The first-order valence-corrected chi connectivity index (χ1v) is 14.5. The Bertz CT molecular complexity index is 2000. The van der Waals surface area contributed by atoms with Gasteiger partial charge >= 0.3 is 0 Å². The van der Waals surface area contributed by atoms with Gasteiger partial charge in [0.15, 0.2) is 17.3 Å². The number of hydrogen-bond acceptors (Lipinski definition) is 6. The molecule has 0 N–H and O–H groups in total. The standard InChI is InChI=1S/C32H22BrCl2N3O4/c1-2-40-28-15-20(13-23(33)30(28)41-18-19-11-12-24(34)25(35)14-19)17-36-38-31(29-16-21-7-3-6-10-27(21)42-29)37-26-9-5-4-8-22(26)32(38)39/h3-17H,2,18H2,1H3. The highest BCUT2D eigenvalue weighted by atomic mass is 79.9. The van der Waals surface area contributed by atoms with Crippen LogP contribution in [0.2, 0.25) is 10.0 Å². The molecule has 6 aromatic rings. The van der Waals surface area contributed by atoms with Crippen molar-refractivity contribution in [1.82, 2.24) is 9.66 Å². The third kappa shape index (κ3) is 5.66. The highest BCUT2D eigenvalue weighted by Crippen LogP contribution is 2.37. The second kappa shape index (κ2) is 12.0. The molecule has 0 aliphatic heterocycles. The number of ether oxygens (including phenoxy) is 2. The van der Waals surface area contributed by atoms with Crippen molar-refractivity contribution in [2.45, 2.75) is 13.5 Å². The molecule has 2 heterocycles. The van der Waals surface area contributed by atoms with Gasteiger partial charge in [-0.2, -0.15) is 9.78 Å². The summed E-state index contributed by atoms with van der Waals surface area (Å²) in [7, 11) is 0. The summed E-state index contributed by atoms with van der Waals surface area (Å²) in [4.78, 5) is 18.4. The first kappa shape index (κ1) is 28.0. The van der Waals surface area contributed by atoms with Crippen molar-refractivity contribution in [2.24, 2.45) is 5.10 Å². The number of para-hydroxylation sites is 2. The fraction of sp³-hybridized carbons (Fsp3) is 0.0938. The molecule has 0 aliphatic rings. The van der Waals surface area contributed by atoms with Crippen LogP contribution in [0.3, 0.4) is 0 Å². The van der Waals surface area contributed by atoms with Crippen molar-refractivity contribution in [3.05, 3.63) is 121 Å². The zero-order valence-corrected chi connectivity index (χ0v) is 25.3. The van der Waals surface area contributed by atoms with E-state index in [1.165, 1.54) is 4.68 Å². The summed E-state index contributed by atoms with van der Waals surface area (Å²) in [6.07, 6.45) is 1.57. The quantitative estimate of drug-likeness (QED) is 0.152. The number of hydrogen-bond donors (Lipinski definition) is 0. The Kier molecular flexibility index (Phi) is 8.02. The zero-order valence-electron chi connectivity index (χ0n) is 22.2. The minimum absolute atomic E-state index is 0.252. The summed E-state index contributed by atoms with van der Waals surface area (Å²) < 4.78 is 19.9. The average molecular weight is 663 g/mol. The smallest absolute Gasteiger partial charge is 0.282 e. The second-order valence-electron chi connectivity index (χ2n) is 9.26. The molecule has 0 bridgehead atoms. The predicted molar refractivity (Wildman–Crippen MR) is 170 cm³/mol. The molecule has 0 unspecified atom stereocenters. The molecule has 6 rings (SSSR count). The summed E-state index contributed by atoms with van der Waals surface area (Å²) >= 11 is 15.8. The minimum Gasteiger partial charge on any atom is -0.490 e. The van der Waals surface area contributed by atoms with Gasteiger partial charge in [-0.25, -0.2) is 4.98 Å². The lowest BCUT2D eigenvalue weighted by Gasteiger charge is -2.15. The third-order valence-corrected chi connectivity index (χ3v) is 7.75. The Morgan fingerprint density at radius 3 is 2.60 bits per heavy atom. The van der Waals surface area contributed by atoms with Crippen LogP contribution in [0.25, 0.3) is 33.5 Å². The molecule has 4 aromatic carbocycles. The van der Waals surface area contributed by atoms with Crippen LogP contribution in [-0.2, 0) is 6.61 Å². The van der Waals surface area contributed by atoms with E-state index in [-0.39, 0.29) is 18.0 Å². The summed E-state index contributed by atoms with van der Waals surface area (Å²) in [5.74, 6) is 1.75. The Labute approximate surface area is 259 Å². The second-order valence-corrected chi connectivity index (χ2v) is 10.9. The molecular weight excluding hydrogens is 641 g/mol. The van der Waals surface area contributed by atoms with E-state index in [4.69, 9.17) is 42.1 Å². The van der Waals surface area contributed by atoms with Gasteiger partial charge in [-0.15, -0.1) is 0 Å². The molecule has 0 atom stereocenters. The van der Waals surface area contributed by atoms with Gasteiger partial charge in [0.2, 0.25) is 5.82 Å². The van der Waals surface area contributed by atoms with Gasteiger partial charge in [0, 0.05) is 5.39 Å². The van der Waals surface area contributed by atoms with Crippen molar-refractivity contribution in [3.63, 3.8) is 0 Å². The van der Waals surface area contributed by atoms with Crippen LogP contribution in [0, 0.1) is 0 Å². The minimum atomic E-state index is -0.321. The molecule has 42 heavy (non-hydrogen) atoms. The van der Waals surface area contributed by atoms with Gasteiger partial charge in [0.1, 0.15) is 12.2 Å². The molecule has 210 valence electrons. The molecule has 0 fully saturated rings. The maximum atomic E-state index is 13.6. The highest BCUT2D eigenvalue weighted by molar-refractivity contribution is 9.10. The Balaban J connectivity index is 1.39. The van der Waals surface area contributed by atoms with E-state index in [2.05, 4.69) is 21.0 Å². The summed E-state index contributed by atoms with van der Waals surface area (Å²) in [6, 6.07) is 25.6. The maximum Gasteiger partial charge on any atom is 0.282 e. The van der Waals surface area contributed by atoms with E-state index < -0.39 is 0 Å². The predicted octanol–water partition coefficient (Wildman–Crippen LogP) is 8.74. The topological polar surface area (TPSA) is 78.9 Å². The van der Waals surface area contributed by atoms with Gasteiger partial charge in [0.05, 0.1) is 38.2 Å². The lowest BCUT2D eigenvalue weighted by atomic mass is 10.2. The van der Waals surface area contributed by atoms with Gasteiger partial charge in [-0.05, 0) is 82.5 Å². The molecule has 0 saturated heterocycles. The van der Waals surface area contributed by atoms with Crippen LogP contribution < -0.4 is 15.0 Å². The van der Waals surface area contributed by atoms with Gasteiger partial charge < -0.3 is 13.9 Å². The fourth-order valence-electron chi connectivity index (χ4n) is 4.46. The SMILES string of the molecule is CCOc1cc(C=Nn2c(-c3cc4ccccc4o3)nc3ccccc3c2=O)cc(Br)c1OCc1ccc(Cl)c(Cl)c1. The molecule has 7 nitrogen and oxygen atoms in total. The van der Waals surface area contributed by atoms with Crippen LogP contribution in [0.1, 0.15) is 18.1 Å². The fourth-order valence-corrected chi connectivity index (χ4v) is 5.35. The van der Waals surface area contributed by atoms with Crippen molar-refractivity contribution < 1.29 is 13.9 Å². The molecule has 0 spiro atoms. The van der Waals surface area contributed by atoms with E-state index in [1.54, 1.807) is 42.6 Å². The first-order chi connectivity index (χ1) is 20.4. The Morgan fingerprint density at radius 2 is 1.79 bits per heavy atom. The highest BCUT2D eigenvalue weighted by Gasteiger charge is 2.17. The van der Waals surface area contributed by atoms with Gasteiger partial charge in [0.25, 0.3) is 5.56 Å². The molecule has 0 saturated carbocycles. The first-order valence-electron chi connectivity index (χ1n) is 13.0. The van der Waals surface area contributed by atoms with Crippen molar-refractivity contribution in [3.8, 4) is 23.1 Å². The van der Waals surface area contributed by atoms with E-state index in [0.29, 0.717) is 60.4 Å². The Morgan fingerprint density at radius 1 is 0.976 bits per heavy atom. The van der Waals surface area contributed by atoms with Crippen molar-refractivity contribution >= 4 is 67.2 Å². The number of rotatable bonds is 8. The number of benzene rings is 4. The molecule has 0 aliphatic carbocycles. The zero-order chi connectivity index (χ0) is 29.2. The molecule has 0 radical (unpaired) electrons. The third-order valence-electron chi connectivity index (χ3n) is 6.42. The van der Waals surface area contributed by atoms with E-state index >= 15 is 0 Å². The average Bonchev–Trinajstić information content (AvgIpc) is 3.42. The number of halogens is 3. The van der Waals surface area contributed by atoms with Crippen LogP contribution in [0.4, 0.5) is 0 Å². The van der Waals surface area contributed by atoms with E-state index in [0.717, 1.165) is 10.9 Å². The van der Waals surface area contributed by atoms with Crippen molar-refractivity contribution in [1.29, 1.82) is 0 Å². The maximum absolute atomic E-state index is 13.6. The Hall–Kier alpha value is -4.11. The van der Waals surface area contributed by atoms with Gasteiger partial charge in [-0.3, -0.25) is 4.79 Å². The number of fused-ring (bicyclic) bond motifs is 2. The van der Waals surface area contributed by atoms with Crippen molar-refractivity contribution in [2.75, 3.05) is 6.61 Å². The summed E-state index contributed by atoms with van der Waals surface area (Å²) in [6.45, 7) is 2.56. The molecule has 2 aromatic heterocycles. The largest absolute Gasteiger partial charge is 0.490 e. The van der Waals surface area contributed by atoms with Crippen LogP contribution in [0.5, 0.6) is 11.5 Å². The molecular formula is C32H22BrCl2N3O4. The molecule has 10 heteroatoms. The summed E-state index contributed by atoms with van der Waals surface area (Å²) in [5.41, 5.74) is 2.44. The monoisotopic (exact) mass is 661 g/mol. The number of furan rings is 1. The van der Waals surface area contributed by atoms with E-state index in [9.17, 15) is 4.79 Å². The lowest BCUT2D eigenvalue weighted by Crippen LogP contribution is -2.20. The lowest BCUT2D eigenvalue weighted by molar-refractivity contribution is 0.267. The van der Waals surface area contributed by atoms with E-state index in [1.807, 2.05) is 55.5 Å². The number of aromatic nitrogens is 2. The van der Waals surface area contributed by atoms with Crippen LogP contribution in [-0.4, -0.2) is 22.5 Å². The number of nitrogens with zero attached hydrogens (tertiary/aromatic N) is 3. The molecule has 0 amide bonds. The van der Waals surface area contributed by atoms with Crippen LogP contribution >= 0.6 is 39.1 Å². The normalized spacial score (nSPS) is 11.5. The summed E-state index contributed by atoms with van der Waals surface area (Å²) in [5, 5.41) is 6.83. The van der Waals surface area contributed by atoms with Gasteiger partial charge in [-0.1, -0.05) is 59.6 Å².